The minimum atomic E-state index is 0.129. The Morgan fingerprint density at radius 3 is 2.56 bits per heavy atom. The van der Waals surface area contributed by atoms with Crippen molar-refractivity contribution >= 4 is 5.69 Å². The van der Waals surface area contributed by atoms with Gasteiger partial charge >= 0.3 is 0 Å². The molecule has 1 aliphatic heterocycles. The summed E-state index contributed by atoms with van der Waals surface area (Å²) < 4.78 is 16.6. The predicted molar refractivity (Wildman–Crippen MR) is 68.9 cm³/mol. The van der Waals surface area contributed by atoms with E-state index in [1.807, 2.05) is 0 Å². The van der Waals surface area contributed by atoms with Crippen molar-refractivity contribution in [2.45, 2.75) is 45.0 Å². The molecular formula is C13H20N2O3. The van der Waals surface area contributed by atoms with Crippen molar-refractivity contribution in [3.05, 3.63) is 12.1 Å². The molecule has 1 aromatic heterocycles. The molecule has 0 saturated carbocycles. The van der Waals surface area contributed by atoms with Crippen LogP contribution >= 0.6 is 0 Å². The smallest absolute Gasteiger partial charge is 0.240 e. The highest BCUT2D eigenvalue weighted by Gasteiger charge is 2.26. The van der Waals surface area contributed by atoms with Gasteiger partial charge < -0.3 is 19.9 Å². The first-order valence-corrected chi connectivity index (χ1v) is 6.21. The minimum Gasteiger partial charge on any atom is -0.479 e. The van der Waals surface area contributed by atoms with Crippen LogP contribution in [0.5, 0.6) is 11.8 Å². The van der Waals surface area contributed by atoms with Crippen LogP contribution in [0.3, 0.4) is 0 Å². The Labute approximate surface area is 107 Å². The Morgan fingerprint density at radius 2 is 1.94 bits per heavy atom. The second-order valence-electron chi connectivity index (χ2n) is 4.72. The first-order valence-electron chi connectivity index (χ1n) is 6.21. The van der Waals surface area contributed by atoms with E-state index in [4.69, 9.17) is 19.9 Å². The van der Waals surface area contributed by atoms with E-state index < -0.39 is 0 Å². The van der Waals surface area contributed by atoms with Crippen LogP contribution in [0.15, 0.2) is 12.1 Å². The number of aromatic nitrogens is 1. The summed E-state index contributed by atoms with van der Waals surface area (Å²) in [6.07, 6.45) is 2.31. The Kier molecular flexibility index (Phi) is 3.91. The lowest BCUT2D eigenvalue weighted by Gasteiger charge is -2.31. The Morgan fingerprint density at radius 1 is 1.28 bits per heavy atom. The van der Waals surface area contributed by atoms with Gasteiger partial charge in [-0.25, -0.2) is 0 Å². The maximum absolute atomic E-state index is 5.87. The first-order chi connectivity index (χ1) is 8.58. The third kappa shape index (κ3) is 3.04. The highest BCUT2D eigenvalue weighted by atomic mass is 16.5. The molecule has 5 nitrogen and oxygen atoms in total. The van der Waals surface area contributed by atoms with E-state index in [1.54, 1.807) is 19.2 Å². The number of rotatable bonds is 3. The third-order valence-electron chi connectivity index (χ3n) is 3.00. The van der Waals surface area contributed by atoms with Crippen molar-refractivity contribution < 1.29 is 14.2 Å². The molecule has 2 N–H and O–H groups in total. The number of hydrogen-bond donors (Lipinski definition) is 1. The Balaban J connectivity index is 2.04. The van der Waals surface area contributed by atoms with Crippen molar-refractivity contribution in [2.75, 3.05) is 12.8 Å². The molecule has 0 bridgehead atoms. The van der Waals surface area contributed by atoms with E-state index in [1.165, 1.54) is 0 Å². The van der Waals surface area contributed by atoms with Crippen LogP contribution < -0.4 is 15.2 Å². The van der Waals surface area contributed by atoms with E-state index in [0.29, 0.717) is 17.4 Å². The molecule has 0 spiro atoms. The van der Waals surface area contributed by atoms with Gasteiger partial charge in [-0.3, -0.25) is 0 Å². The molecule has 0 aliphatic carbocycles. The maximum Gasteiger partial charge on any atom is 0.240 e. The van der Waals surface area contributed by atoms with Gasteiger partial charge in [0.05, 0.1) is 25.0 Å². The molecule has 100 valence electrons. The van der Waals surface area contributed by atoms with Gasteiger partial charge in [-0.2, -0.15) is 4.98 Å². The number of methoxy groups -OCH3 is 1. The summed E-state index contributed by atoms with van der Waals surface area (Å²) >= 11 is 0. The lowest BCUT2D eigenvalue weighted by Crippen LogP contribution is -2.35. The zero-order valence-electron chi connectivity index (χ0n) is 11.1. The van der Waals surface area contributed by atoms with Crippen molar-refractivity contribution in [1.29, 1.82) is 0 Å². The molecule has 2 heterocycles. The van der Waals surface area contributed by atoms with E-state index in [2.05, 4.69) is 18.8 Å². The average Bonchev–Trinajstić information content (AvgIpc) is 2.30. The summed E-state index contributed by atoms with van der Waals surface area (Å²) in [6, 6.07) is 3.51. The van der Waals surface area contributed by atoms with Crippen molar-refractivity contribution in [3.63, 3.8) is 0 Å². The zero-order chi connectivity index (χ0) is 13.1. The predicted octanol–water partition coefficient (Wildman–Crippen LogP) is 2.01. The lowest BCUT2D eigenvalue weighted by molar-refractivity contribution is -0.0730. The molecule has 1 aromatic rings. The fourth-order valence-corrected chi connectivity index (χ4v) is 2.27. The van der Waals surface area contributed by atoms with Gasteiger partial charge in [-0.1, -0.05) is 0 Å². The van der Waals surface area contributed by atoms with Gasteiger partial charge in [0, 0.05) is 18.9 Å². The van der Waals surface area contributed by atoms with Gasteiger partial charge in [0.25, 0.3) is 0 Å². The van der Waals surface area contributed by atoms with Crippen LogP contribution in [0.2, 0.25) is 0 Å². The third-order valence-corrected chi connectivity index (χ3v) is 3.00. The number of nitrogen functional groups attached to an aromatic ring is 1. The quantitative estimate of drug-likeness (QED) is 0.891. The molecule has 2 atom stereocenters. The van der Waals surface area contributed by atoms with E-state index in [-0.39, 0.29) is 18.3 Å². The van der Waals surface area contributed by atoms with Gasteiger partial charge in [0.1, 0.15) is 6.10 Å². The molecule has 5 heteroatoms. The van der Waals surface area contributed by atoms with Crippen molar-refractivity contribution in [2.24, 2.45) is 0 Å². The van der Waals surface area contributed by atoms with Gasteiger partial charge in [-0.15, -0.1) is 0 Å². The molecule has 1 fully saturated rings. The molecule has 2 unspecified atom stereocenters. The molecule has 0 aromatic carbocycles. The summed E-state index contributed by atoms with van der Waals surface area (Å²) in [7, 11) is 1.54. The second-order valence-corrected chi connectivity index (χ2v) is 4.72. The van der Waals surface area contributed by atoms with Gasteiger partial charge in [-0.05, 0) is 19.9 Å². The number of nitrogens with zero attached hydrogens (tertiary/aromatic N) is 1. The summed E-state index contributed by atoms with van der Waals surface area (Å²) in [5, 5.41) is 0. The van der Waals surface area contributed by atoms with E-state index in [9.17, 15) is 0 Å². The maximum atomic E-state index is 5.87. The number of pyridine rings is 1. The second kappa shape index (κ2) is 5.44. The molecule has 2 rings (SSSR count). The van der Waals surface area contributed by atoms with Crippen LogP contribution in [0, 0.1) is 0 Å². The van der Waals surface area contributed by atoms with Crippen LogP contribution in [0.1, 0.15) is 26.7 Å². The lowest BCUT2D eigenvalue weighted by atomic mass is 10.0. The summed E-state index contributed by atoms with van der Waals surface area (Å²) in [5.41, 5.74) is 6.23. The zero-order valence-corrected chi connectivity index (χ0v) is 11.1. The van der Waals surface area contributed by atoms with E-state index in [0.717, 1.165) is 12.8 Å². The monoisotopic (exact) mass is 252 g/mol. The molecule has 1 saturated heterocycles. The standard InChI is InChI=1S/C13H20N2O3/c1-8-6-10(7-9(2)17-8)18-12-5-4-11(14)13(15-12)16-3/h4-5,8-10H,6-7,14H2,1-3H3. The number of ether oxygens (including phenoxy) is 3. The molecule has 0 radical (unpaired) electrons. The Bertz CT molecular complexity index is 401. The molecule has 0 amide bonds. The highest BCUT2D eigenvalue weighted by Crippen LogP contribution is 2.26. The topological polar surface area (TPSA) is 66.6 Å². The van der Waals surface area contributed by atoms with Crippen molar-refractivity contribution in [1.82, 2.24) is 4.98 Å². The minimum absolute atomic E-state index is 0.129. The molecule has 1 aliphatic rings. The highest BCUT2D eigenvalue weighted by molar-refractivity contribution is 5.49. The average molecular weight is 252 g/mol. The van der Waals surface area contributed by atoms with Crippen molar-refractivity contribution in [3.8, 4) is 11.8 Å². The van der Waals surface area contributed by atoms with Crippen LogP contribution in [0.25, 0.3) is 0 Å². The molecule has 18 heavy (non-hydrogen) atoms. The largest absolute Gasteiger partial charge is 0.479 e. The molecular weight excluding hydrogens is 232 g/mol. The van der Waals surface area contributed by atoms with Gasteiger partial charge in [0.2, 0.25) is 11.8 Å². The first kappa shape index (κ1) is 13.0. The number of anilines is 1. The summed E-state index contributed by atoms with van der Waals surface area (Å²) in [4.78, 5) is 4.22. The SMILES string of the molecule is COc1nc(OC2CC(C)OC(C)C2)ccc1N. The number of hydrogen-bond acceptors (Lipinski definition) is 5. The summed E-state index contributed by atoms with van der Waals surface area (Å²) in [5.74, 6) is 0.952. The van der Waals surface area contributed by atoms with Crippen LogP contribution in [0.4, 0.5) is 5.69 Å². The fourth-order valence-electron chi connectivity index (χ4n) is 2.27. The van der Waals surface area contributed by atoms with E-state index >= 15 is 0 Å². The normalized spacial score (nSPS) is 27.8. The van der Waals surface area contributed by atoms with Gasteiger partial charge in [0.15, 0.2) is 0 Å². The van der Waals surface area contributed by atoms with Crippen LogP contribution in [-0.4, -0.2) is 30.4 Å². The summed E-state index contributed by atoms with van der Waals surface area (Å²) in [6.45, 7) is 4.12. The van der Waals surface area contributed by atoms with Crippen LogP contribution in [-0.2, 0) is 4.74 Å². The Hall–Kier alpha value is -1.49. The number of nitrogens with two attached hydrogens (primary N) is 1. The fraction of sp³-hybridized carbons (Fsp3) is 0.615.